The number of hydrogen-bond donors (Lipinski definition) is 1. The highest BCUT2D eigenvalue weighted by Gasteiger charge is 2.38. The lowest BCUT2D eigenvalue weighted by molar-refractivity contribution is 0.239. The first-order valence-corrected chi connectivity index (χ1v) is 7.17. The van der Waals surface area contributed by atoms with E-state index in [0.717, 1.165) is 23.7 Å². The van der Waals surface area contributed by atoms with Gasteiger partial charge in [-0.25, -0.2) is 0 Å². The van der Waals surface area contributed by atoms with Crippen molar-refractivity contribution in [2.24, 2.45) is 29.1 Å². The molecule has 0 aliphatic heterocycles. The Kier molecular flexibility index (Phi) is 3.63. The summed E-state index contributed by atoms with van der Waals surface area (Å²) < 4.78 is 0. The summed E-state index contributed by atoms with van der Waals surface area (Å²) in [5.74, 6) is 3.94. The third-order valence-electron chi connectivity index (χ3n) is 5.22. The molecule has 1 heteroatoms. The van der Waals surface area contributed by atoms with Crippen molar-refractivity contribution in [2.45, 2.75) is 53.4 Å². The second-order valence-electron chi connectivity index (χ2n) is 7.36. The van der Waals surface area contributed by atoms with Crippen LogP contribution in [0.25, 0.3) is 0 Å². The summed E-state index contributed by atoms with van der Waals surface area (Å²) in [5, 5.41) is 3.72. The summed E-state index contributed by atoms with van der Waals surface area (Å²) in [6.07, 6.45) is 6.11. The van der Waals surface area contributed by atoms with Gasteiger partial charge in [-0.1, -0.05) is 34.1 Å². The summed E-state index contributed by atoms with van der Waals surface area (Å²) in [7, 11) is 0. The molecule has 0 aromatic rings. The van der Waals surface area contributed by atoms with Crippen LogP contribution in [0.4, 0.5) is 0 Å². The normalized spacial score (nSPS) is 35.6. The van der Waals surface area contributed by atoms with Crippen LogP contribution in [0.2, 0.25) is 0 Å². The molecule has 0 spiro atoms. The standard InChI is InChI=1S/C15H29N/c1-11(15(2,3)4)9-16-10-14-8-12-5-6-13(14)7-12/h11-14,16H,5-10H2,1-4H3. The number of hydrogen-bond acceptors (Lipinski definition) is 1. The van der Waals surface area contributed by atoms with Crippen LogP contribution >= 0.6 is 0 Å². The Morgan fingerprint density at radius 2 is 1.94 bits per heavy atom. The lowest BCUT2D eigenvalue weighted by Crippen LogP contribution is -2.34. The van der Waals surface area contributed by atoms with E-state index in [1.165, 1.54) is 32.4 Å². The van der Waals surface area contributed by atoms with Gasteiger partial charge in [-0.05, 0) is 61.4 Å². The lowest BCUT2D eigenvalue weighted by Gasteiger charge is -2.29. The number of rotatable bonds is 4. The second kappa shape index (κ2) is 4.68. The van der Waals surface area contributed by atoms with E-state index >= 15 is 0 Å². The fourth-order valence-electron chi connectivity index (χ4n) is 3.42. The minimum Gasteiger partial charge on any atom is -0.316 e. The largest absolute Gasteiger partial charge is 0.316 e. The van der Waals surface area contributed by atoms with Crippen LogP contribution in [0.3, 0.4) is 0 Å². The molecule has 2 aliphatic carbocycles. The van der Waals surface area contributed by atoms with Gasteiger partial charge in [0.05, 0.1) is 0 Å². The van der Waals surface area contributed by atoms with Crippen molar-refractivity contribution >= 4 is 0 Å². The van der Waals surface area contributed by atoms with Crippen molar-refractivity contribution < 1.29 is 0 Å². The molecule has 2 aliphatic rings. The van der Waals surface area contributed by atoms with Crippen LogP contribution in [0.15, 0.2) is 0 Å². The Bertz CT molecular complexity index is 228. The van der Waals surface area contributed by atoms with Crippen molar-refractivity contribution in [3.63, 3.8) is 0 Å². The third-order valence-corrected chi connectivity index (χ3v) is 5.22. The van der Waals surface area contributed by atoms with Crippen LogP contribution in [0.1, 0.15) is 53.4 Å². The van der Waals surface area contributed by atoms with Gasteiger partial charge in [0.1, 0.15) is 0 Å². The molecular weight excluding hydrogens is 194 g/mol. The molecule has 1 N–H and O–H groups in total. The number of fused-ring (bicyclic) bond motifs is 2. The molecule has 16 heavy (non-hydrogen) atoms. The first kappa shape index (κ1) is 12.4. The van der Waals surface area contributed by atoms with Crippen LogP contribution < -0.4 is 5.32 Å². The van der Waals surface area contributed by atoms with Gasteiger partial charge < -0.3 is 5.32 Å². The average molecular weight is 223 g/mol. The lowest BCUT2D eigenvalue weighted by atomic mass is 9.82. The van der Waals surface area contributed by atoms with Crippen LogP contribution in [-0.4, -0.2) is 13.1 Å². The molecule has 0 amide bonds. The molecule has 94 valence electrons. The van der Waals surface area contributed by atoms with Crippen LogP contribution in [-0.2, 0) is 0 Å². The van der Waals surface area contributed by atoms with E-state index in [2.05, 4.69) is 33.0 Å². The zero-order valence-corrected chi connectivity index (χ0v) is 11.6. The molecule has 2 fully saturated rings. The number of nitrogens with one attached hydrogen (secondary N) is 1. The minimum absolute atomic E-state index is 0.446. The maximum absolute atomic E-state index is 3.72. The van der Waals surface area contributed by atoms with Crippen molar-refractivity contribution in [1.29, 1.82) is 0 Å². The SMILES string of the molecule is CC(CNCC1CC2CCC1C2)C(C)(C)C. The molecule has 0 saturated heterocycles. The summed E-state index contributed by atoms with van der Waals surface area (Å²) in [6.45, 7) is 11.9. The Morgan fingerprint density at radius 3 is 2.44 bits per heavy atom. The topological polar surface area (TPSA) is 12.0 Å². The molecule has 0 heterocycles. The molecule has 4 atom stereocenters. The van der Waals surface area contributed by atoms with Crippen molar-refractivity contribution in [1.82, 2.24) is 5.32 Å². The molecular formula is C15H29N. The second-order valence-corrected chi connectivity index (χ2v) is 7.36. The van der Waals surface area contributed by atoms with Crippen LogP contribution in [0, 0.1) is 29.1 Å². The van der Waals surface area contributed by atoms with Gasteiger partial charge in [0.2, 0.25) is 0 Å². The molecule has 4 unspecified atom stereocenters. The van der Waals surface area contributed by atoms with E-state index < -0.39 is 0 Å². The van der Waals surface area contributed by atoms with E-state index in [-0.39, 0.29) is 0 Å². The Balaban J connectivity index is 1.65. The summed E-state index contributed by atoms with van der Waals surface area (Å²) in [6, 6.07) is 0. The minimum atomic E-state index is 0.446. The van der Waals surface area contributed by atoms with Gasteiger partial charge in [-0.2, -0.15) is 0 Å². The first-order chi connectivity index (χ1) is 7.47. The fourth-order valence-corrected chi connectivity index (χ4v) is 3.42. The van der Waals surface area contributed by atoms with Crippen molar-refractivity contribution in [3.05, 3.63) is 0 Å². The molecule has 1 nitrogen and oxygen atoms in total. The Hall–Kier alpha value is -0.0400. The maximum Gasteiger partial charge on any atom is -0.00176 e. The summed E-state index contributed by atoms with van der Waals surface area (Å²) >= 11 is 0. The fraction of sp³-hybridized carbons (Fsp3) is 1.00. The van der Waals surface area contributed by atoms with Crippen LogP contribution in [0.5, 0.6) is 0 Å². The van der Waals surface area contributed by atoms with Gasteiger partial charge in [-0.3, -0.25) is 0 Å². The van der Waals surface area contributed by atoms with Gasteiger partial charge in [0.15, 0.2) is 0 Å². The molecule has 0 radical (unpaired) electrons. The predicted octanol–water partition coefficient (Wildman–Crippen LogP) is 3.69. The van der Waals surface area contributed by atoms with E-state index in [0.29, 0.717) is 5.41 Å². The van der Waals surface area contributed by atoms with E-state index in [1.54, 1.807) is 6.42 Å². The van der Waals surface area contributed by atoms with Gasteiger partial charge in [0, 0.05) is 0 Å². The Morgan fingerprint density at radius 1 is 1.19 bits per heavy atom. The highest BCUT2D eigenvalue weighted by molar-refractivity contribution is 4.90. The Labute approximate surface area is 101 Å². The van der Waals surface area contributed by atoms with E-state index in [4.69, 9.17) is 0 Å². The highest BCUT2D eigenvalue weighted by atomic mass is 14.9. The zero-order chi connectivity index (χ0) is 11.8. The van der Waals surface area contributed by atoms with Crippen molar-refractivity contribution in [3.8, 4) is 0 Å². The zero-order valence-electron chi connectivity index (χ0n) is 11.6. The molecule has 2 bridgehead atoms. The smallest absolute Gasteiger partial charge is 0.00176 e. The summed E-state index contributed by atoms with van der Waals surface area (Å²) in [5.41, 5.74) is 0.446. The van der Waals surface area contributed by atoms with E-state index in [9.17, 15) is 0 Å². The van der Waals surface area contributed by atoms with Gasteiger partial charge in [-0.15, -0.1) is 0 Å². The van der Waals surface area contributed by atoms with E-state index in [1.807, 2.05) is 0 Å². The predicted molar refractivity (Wildman–Crippen MR) is 70.4 cm³/mol. The molecule has 2 saturated carbocycles. The van der Waals surface area contributed by atoms with Crippen molar-refractivity contribution in [2.75, 3.05) is 13.1 Å². The monoisotopic (exact) mass is 223 g/mol. The molecule has 2 rings (SSSR count). The molecule has 0 aromatic carbocycles. The average Bonchev–Trinajstić information content (AvgIpc) is 2.77. The highest BCUT2D eigenvalue weighted by Crippen LogP contribution is 2.47. The van der Waals surface area contributed by atoms with Gasteiger partial charge >= 0.3 is 0 Å². The maximum atomic E-state index is 3.72. The summed E-state index contributed by atoms with van der Waals surface area (Å²) in [4.78, 5) is 0. The molecule has 0 aromatic heterocycles. The third kappa shape index (κ3) is 2.80. The quantitative estimate of drug-likeness (QED) is 0.766. The van der Waals surface area contributed by atoms with Gasteiger partial charge in [0.25, 0.3) is 0 Å². The first-order valence-electron chi connectivity index (χ1n) is 7.17.